The lowest BCUT2D eigenvalue weighted by Gasteiger charge is -2.20. The second kappa shape index (κ2) is 7.80. The first kappa shape index (κ1) is 17.6. The smallest absolute Gasteiger partial charge is 0.257 e. The van der Waals surface area contributed by atoms with Crippen molar-refractivity contribution in [1.29, 1.82) is 0 Å². The Morgan fingerprint density at radius 3 is 2.44 bits per heavy atom. The highest BCUT2D eigenvalue weighted by Gasteiger charge is 2.15. The molecule has 1 aliphatic rings. The van der Waals surface area contributed by atoms with Gasteiger partial charge < -0.3 is 10.2 Å². The lowest BCUT2D eigenvalue weighted by molar-refractivity contribution is 0.0977. The van der Waals surface area contributed by atoms with Crippen LogP contribution in [-0.4, -0.2) is 24.1 Å². The van der Waals surface area contributed by atoms with Gasteiger partial charge in [0.2, 0.25) is 0 Å². The molecule has 0 unspecified atom stereocenters. The van der Waals surface area contributed by atoms with Crippen LogP contribution in [0.5, 0.6) is 0 Å². The Morgan fingerprint density at radius 1 is 1.12 bits per heavy atom. The summed E-state index contributed by atoms with van der Waals surface area (Å²) in [5.41, 5.74) is 2.02. The van der Waals surface area contributed by atoms with Crippen molar-refractivity contribution in [2.24, 2.45) is 0 Å². The fraction of sp³-hybridized carbons (Fsp3) is 0.222. The van der Waals surface area contributed by atoms with Crippen LogP contribution in [0.2, 0.25) is 5.02 Å². The van der Waals surface area contributed by atoms with E-state index in [1.807, 2.05) is 12.1 Å². The van der Waals surface area contributed by atoms with Gasteiger partial charge in [-0.3, -0.25) is 10.1 Å². The number of anilines is 2. The van der Waals surface area contributed by atoms with Crippen LogP contribution in [0.15, 0.2) is 42.5 Å². The lowest BCUT2D eigenvalue weighted by Crippen LogP contribution is -2.34. The molecule has 2 aromatic rings. The maximum absolute atomic E-state index is 12.9. The summed E-state index contributed by atoms with van der Waals surface area (Å²) in [5, 5.41) is 6.28. The van der Waals surface area contributed by atoms with Crippen LogP contribution in [0.1, 0.15) is 23.2 Å². The van der Waals surface area contributed by atoms with E-state index in [1.165, 1.54) is 37.1 Å². The predicted octanol–water partition coefficient (Wildman–Crippen LogP) is 4.21. The molecular formula is C18H17ClFN3OS. The van der Waals surface area contributed by atoms with Crippen molar-refractivity contribution in [3.8, 4) is 0 Å². The number of nitrogens with zero attached hydrogens (tertiary/aromatic N) is 1. The number of benzene rings is 2. The predicted molar refractivity (Wildman–Crippen MR) is 103 cm³/mol. The van der Waals surface area contributed by atoms with Crippen molar-refractivity contribution in [2.45, 2.75) is 12.8 Å². The van der Waals surface area contributed by atoms with Gasteiger partial charge in [-0.15, -0.1) is 0 Å². The van der Waals surface area contributed by atoms with Crippen LogP contribution in [-0.2, 0) is 0 Å². The van der Waals surface area contributed by atoms with Crippen LogP contribution in [0, 0.1) is 5.82 Å². The third-order valence-electron chi connectivity index (χ3n) is 3.99. The van der Waals surface area contributed by atoms with Crippen molar-refractivity contribution in [1.82, 2.24) is 5.32 Å². The molecule has 0 aliphatic carbocycles. The first-order chi connectivity index (χ1) is 12.0. The Hall–Kier alpha value is -2.18. The Kier molecular flexibility index (Phi) is 5.50. The first-order valence-corrected chi connectivity index (χ1v) is 8.74. The standard InChI is InChI=1S/C18H17ClFN3OS/c19-15-11-14(7-8-16(15)23-9-1-2-10-23)21-18(25)22-17(24)12-3-5-13(20)6-4-12/h3-8,11H,1-2,9-10H2,(H2,21,22,24,25). The maximum atomic E-state index is 12.9. The summed E-state index contributed by atoms with van der Waals surface area (Å²) in [6.45, 7) is 2.03. The number of rotatable bonds is 3. The van der Waals surface area contributed by atoms with E-state index in [2.05, 4.69) is 15.5 Å². The van der Waals surface area contributed by atoms with E-state index >= 15 is 0 Å². The zero-order chi connectivity index (χ0) is 17.8. The van der Waals surface area contributed by atoms with Gasteiger partial charge in [-0.2, -0.15) is 0 Å². The van der Waals surface area contributed by atoms with Crippen LogP contribution >= 0.6 is 23.8 Å². The van der Waals surface area contributed by atoms with Crippen LogP contribution in [0.4, 0.5) is 15.8 Å². The van der Waals surface area contributed by atoms with Crippen molar-refractivity contribution in [3.63, 3.8) is 0 Å². The lowest BCUT2D eigenvalue weighted by atomic mass is 10.2. The number of carbonyl (C=O) groups is 1. The monoisotopic (exact) mass is 377 g/mol. The molecule has 2 N–H and O–H groups in total. The van der Waals surface area contributed by atoms with Gasteiger partial charge in [-0.25, -0.2) is 4.39 Å². The molecule has 1 heterocycles. The highest BCUT2D eigenvalue weighted by atomic mass is 35.5. The van der Waals surface area contributed by atoms with Crippen molar-refractivity contribution >= 4 is 46.2 Å². The maximum Gasteiger partial charge on any atom is 0.257 e. The normalized spacial score (nSPS) is 13.6. The number of hydrogen-bond acceptors (Lipinski definition) is 3. The fourth-order valence-corrected chi connectivity index (χ4v) is 3.25. The van der Waals surface area contributed by atoms with Gasteiger partial charge in [0.05, 0.1) is 10.7 Å². The molecule has 7 heteroatoms. The first-order valence-electron chi connectivity index (χ1n) is 7.95. The van der Waals surface area contributed by atoms with Gasteiger partial charge in [0.15, 0.2) is 5.11 Å². The van der Waals surface area contributed by atoms with Crippen LogP contribution < -0.4 is 15.5 Å². The largest absolute Gasteiger partial charge is 0.370 e. The number of halogens is 2. The second-order valence-corrected chi connectivity index (χ2v) is 6.59. The molecule has 1 saturated heterocycles. The molecule has 2 aromatic carbocycles. The zero-order valence-corrected chi connectivity index (χ0v) is 15.0. The highest BCUT2D eigenvalue weighted by Crippen LogP contribution is 2.31. The Balaban J connectivity index is 1.61. The minimum absolute atomic E-state index is 0.152. The average Bonchev–Trinajstić information content (AvgIpc) is 3.09. The van der Waals surface area contributed by atoms with Crippen LogP contribution in [0.25, 0.3) is 0 Å². The summed E-state index contributed by atoms with van der Waals surface area (Å²) >= 11 is 11.5. The number of nitrogens with one attached hydrogen (secondary N) is 2. The molecule has 3 rings (SSSR count). The number of carbonyl (C=O) groups excluding carboxylic acids is 1. The Bertz CT molecular complexity index is 791. The third-order valence-corrected chi connectivity index (χ3v) is 4.49. The molecule has 0 aromatic heterocycles. The van der Waals surface area contributed by atoms with E-state index in [4.69, 9.17) is 23.8 Å². The highest BCUT2D eigenvalue weighted by molar-refractivity contribution is 7.80. The van der Waals surface area contributed by atoms with Gasteiger partial charge in [0, 0.05) is 24.3 Å². The summed E-state index contributed by atoms with van der Waals surface area (Å²) < 4.78 is 12.9. The van der Waals surface area contributed by atoms with Gasteiger partial charge in [0.1, 0.15) is 5.82 Å². The number of amides is 1. The average molecular weight is 378 g/mol. The van der Waals surface area contributed by atoms with Crippen molar-refractivity contribution in [3.05, 3.63) is 58.9 Å². The molecule has 0 bridgehead atoms. The van der Waals surface area contributed by atoms with E-state index in [0.29, 0.717) is 16.3 Å². The number of thiocarbonyl (C=S) groups is 1. The molecule has 1 fully saturated rings. The Morgan fingerprint density at radius 2 is 1.80 bits per heavy atom. The van der Waals surface area contributed by atoms with Gasteiger partial charge in [-0.1, -0.05) is 11.6 Å². The van der Waals surface area contributed by atoms with E-state index < -0.39 is 11.7 Å². The minimum atomic E-state index is -0.405. The molecule has 0 saturated carbocycles. The summed E-state index contributed by atoms with van der Waals surface area (Å²) in [6, 6.07) is 10.8. The Labute approximate surface area is 156 Å². The van der Waals surface area contributed by atoms with Crippen LogP contribution in [0.3, 0.4) is 0 Å². The van der Waals surface area contributed by atoms with Gasteiger partial charge in [-0.05, 0) is 67.5 Å². The summed E-state index contributed by atoms with van der Waals surface area (Å²) in [5.74, 6) is -0.803. The second-order valence-electron chi connectivity index (χ2n) is 5.78. The topological polar surface area (TPSA) is 44.4 Å². The SMILES string of the molecule is O=C(NC(=S)Nc1ccc(N2CCCC2)c(Cl)c1)c1ccc(F)cc1. The quantitative estimate of drug-likeness (QED) is 0.786. The molecule has 1 aliphatic heterocycles. The molecule has 1 amide bonds. The van der Waals surface area contributed by atoms with E-state index in [-0.39, 0.29) is 5.11 Å². The fourth-order valence-electron chi connectivity index (χ4n) is 2.74. The van der Waals surface area contributed by atoms with Crippen molar-refractivity contribution < 1.29 is 9.18 Å². The van der Waals surface area contributed by atoms with Crippen molar-refractivity contribution in [2.75, 3.05) is 23.3 Å². The van der Waals surface area contributed by atoms with Gasteiger partial charge in [0.25, 0.3) is 5.91 Å². The van der Waals surface area contributed by atoms with Gasteiger partial charge >= 0.3 is 0 Å². The molecule has 4 nitrogen and oxygen atoms in total. The molecule has 0 atom stereocenters. The molecule has 25 heavy (non-hydrogen) atoms. The minimum Gasteiger partial charge on any atom is -0.370 e. The summed E-state index contributed by atoms with van der Waals surface area (Å²) in [7, 11) is 0. The third kappa shape index (κ3) is 4.46. The summed E-state index contributed by atoms with van der Waals surface area (Å²) in [4.78, 5) is 14.3. The molecule has 0 spiro atoms. The molecule has 0 radical (unpaired) electrons. The molecule has 130 valence electrons. The summed E-state index contributed by atoms with van der Waals surface area (Å²) in [6.07, 6.45) is 2.35. The molecular weight excluding hydrogens is 361 g/mol. The van der Waals surface area contributed by atoms with E-state index in [9.17, 15) is 9.18 Å². The van der Waals surface area contributed by atoms with E-state index in [1.54, 1.807) is 6.07 Å². The van der Waals surface area contributed by atoms with E-state index in [0.717, 1.165) is 18.8 Å². The number of hydrogen-bond donors (Lipinski definition) is 2. The zero-order valence-electron chi connectivity index (χ0n) is 13.4.